The van der Waals surface area contributed by atoms with Crippen molar-refractivity contribution in [3.05, 3.63) is 33.9 Å². The van der Waals surface area contributed by atoms with Crippen LogP contribution in [0.15, 0.2) is 16.1 Å². The number of nitrogens with zero attached hydrogens (tertiary/aromatic N) is 2. The van der Waals surface area contributed by atoms with Crippen molar-refractivity contribution in [2.75, 3.05) is 0 Å². The number of amidine groups is 1. The molecule has 0 spiro atoms. The molecule has 0 saturated heterocycles. The van der Waals surface area contributed by atoms with Crippen molar-refractivity contribution in [3.8, 4) is 0 Å². The standard InChI is InChI=1S/C15H14N2O2/c1-7-8(2)14-13(9(3)11(7)6-12(18)19)10-4-5-16-15(10)17-14/h4-5H,6H2,1-3H3,(H,18,19). The number of aliphatic imine (C=N–C) groups is 2. The molecule has 1 aromatic carbocycles. The van der Waals surface area contributed by atoms with Crippen LogP contribution in [0.1, 0.15) is 27.8 Å². The number of carbonyl (C=O) groups is 1. The van der Waals surface area contributed by atoms with Crippen LogP contribution >= 0.6 is 0 Å². The molecule has 0 amide bonds. The minimum absolute atomic E-state index is 0.0509. The molecular weight excluding hydrogens is 240 g/mol. The van der Waals surface area contributed by atoms with E-state index in [1.807, 2.05) is 26.8 Å². The van der Waals surface area contributed by atoms with Gasteiger partial charge in [0.05, 0.1) is 12.1 Å². The van der Waals surface area contributed by atoms with Crippen molar-refractivity contribution in [1.82, 2.24) is 0 Å². The molecule has 0 fully saturated rings. The van der Waals surface area contributed by atoms with E-state index in [1.54, 1.807) is 6.21 Å². The van der Waals surface area contributed by atoms with Crippen LogP contribution in [0, 0.1) is 20.8 Å². The Balaban J connectivity index is 2.28. The lowest BCUT2D eigenvalue weighted by molar-refractivity contribution is -0.136. The van der Waals surface area contributed by atoms with E-state index in [1.165, 1.54) is 0 Å². The third-order valence-corrected chi connectivity index (χ3v) is 3.93. The number of allylic oxidation sites excluding steroid dienone is 1. The van der Waals surface area contributed by atoms with Crippen LogP contribution in [0.4, 0.5) is 5.69 Å². The molecule has 1 aromatic rings. The van der Waals surface area contributed by atoms with Crippen molar-refractivity contribution in [2.24, 2.45) is 9.98 Å². The topological polar surface area (TPSA) is 62.0 Å². The molecule has 0 aliphatic carbocycles. The summed E-state index contributed by atoms with van der Waals surface area (Å²) in [5.41, 5.74) is 6.99. The molecule has 19 heavy (non-hydrogen) atoms. The second-order valence-electron chi connectivity index (χ2n) is 4.94. The van der Waals surface area contributed by atoms with E-state index in [2.05, 4.69) is 9.98 Å². The summed E-state index contributed by atoms with van der Waals surface area (Å²) < 4.78 is 0. The van der Waals surface area contributed by atoms with Gasteiger partial charge < -0.3 is 5.11 Å². The first-order chi connectivity index (χ1) is 9.00. The SMILES string of the molecule is Cc1c(C)c2c(c(C)c1CC(=O)O)C1=CC=NC1=N2. The van der Waals surface area contributed by atoms with Crippen molar-refractivity contribution in [1.29, 1.82) is 0 Å². The van der Waals surface area contributed by atoms with E-state index >= 15 is 0 Å². The Morgan fingerprint density at radius 2 is 1.95 bits per heavy atom. The normalized spacial score (nSPS) is 15.1. The van der Waals surface area contributed by atoms with Gasteiger partial charge in [-0.1, -0.05) is 0 Å². The summed E-state index contributed by atoms with van der Waals surface area (Å²) in [4.78, 5) is 19.8. The fraction of sp³-hybridized carbons (Fsp3) is 0.267. The predicted molar refractivity (Wildman–Crippen MR) is 75.6 cm³/mol. The van der Waals surface area contributed by atoms with E-state index in [0.29, 0.717) is 0 Å². The van der Waals surface area contributed by atoms with Crippen LogP contribution in [0.2, 0.25) is 0 Å². The molecule has 0 unspecified atom stereocenters. The van der Waals surface area contributed by atoms with Crippen LogP contribution in [-0.4, -0.2) is 23.1 Å². The second-order valence-corrected chi connectivity index (χ2v) is 4.94. The number of hydrogen-bond donors (Lipinski definition) is 1. The summed E-state index contributed by atoms with van der Waals surface area (Å²) in [5.74, 6) is -0.0607. The first-order valence-electron chi connectivity index (χ1n) is 6.19. The van der Waals surface area contributed by atoms with Gasteiger partial charge in [0, 0.05) is 17.4 Å². The largest absolute Gasteiger partial charge is 0.481 e. The Morgan fingerprint density at radius 1 is 1.21 bits per heavy atom. The number of rotatable bonds is 2. The van der Waals surface area contributed by atoms with Crippen molar-refractivity contribution >= 4 is 29.3 Å². The first-order valence-corrected chi connectivity index (χ1v) is 6.19. The summed E-state index contributed by atoms with van der Waals surface area (Å²) in [7, 11) is 0. The minimum Gasteiger partial charge on any atom is -0.481 e. The average Bonchev–Trinajstić information content (AvgIpc) is 2.91. The van der Waals surface area contributed by atoms with E-state index < -0.39 is 5.97 Å². The molecule has 1 N–H and O–H groups in total. The number of carboxylic acid groups (broad SMARTS) is 1. The lowest BCUT2D eigenvalue weighted by Gasteiger charge is -2.16. The molecule has 96 valence electrons. The molecule has 0 radical (unpaired) electrons. The van der Waals surface area contributed by atoms with E-state index in [-0.39, 0.29) is 6.42 Å². The number of benzene rings is 1. The van der Waals surface area contributed by atoms with Crippen LogP contribution in [0.5, 0.6) is 0 Å². The summed E-state index contributed by atoms with van der Waals surface area (Å²) in [6.07, 6.45) is 3.73. The molecule has 4 heteroatoms. The molecule has 2 aliphatic heterocycles. The van der Waals surface area contributed by atoms with Gasteiger partial charge in [0.15, 0.2) is 5.84 Å². The van der Waals surface area contributed by atoms with Crippen LogP contribution in [-0.2, 0) is 11.2 Å². The molecular formula is C15H14N2O2. The Bertz CT molecular complexity index is 710. The quantitative estimate of drug-likeness (QED) is 0.882. The van der Waals surface area contributed by atoms with Crippen LogP contribution in [0.25, 0.3) is 5.57 Å². The Morgan fingerprint density at radius 3 is 2.63 bits per heavy atom. The van der Waals surface area contributed by atoms with Crippen LogP contribution < -0.4 is 0 Å². The maximum Gasteiger partial charge on any atom is 0.307 e. The Hall–Kier alpha value is -2.23. The fourth-order valence-electron chi connectivity index (χ4n) is 2.80. The number of carboxylic acids is 1. The molecule has 2 aliphatic rings. The summed E-state index contributed by atoms with van der Waals surface area (Å²) >= 11 is 0. The minimum atomic E-state index is -0.804. The van der Waals surface area contributed by atoms with Gasteiger partial charge in [-0.2, -0.15) is 0 Å². The van der Waals surface area contributed by atoms with Gasteiger partial charge in [0.25, 0.3) is 0 Å². The second kappa shape index (κ2) is 3.88. The van der Waals surface area contributed by atoms with Crippen molar-refractivity contribution < 1.29 is 9.90 Å². The van der Waals surface area contributed by atoms with Crippen molar-refractivity contribution in [2.45, 2.75) is 27.2 Å². The highest BCUT2D eigenvalue weighted by Crippen LogP contribution is 2.44. The van der Waals surface area contributed by atoms with Gasteiger partial charge in [0.2, 0.25) is 0 Å². The Labute approximate surface area is 111 Å². The zero-order valence-corrected chi connectivity index (χ0v) is 11.1. The monoisotopic (exact) mass is 254 g/mol. The molecule has 2 heterocycles. The van der Waals surface area contributed by atoms with Gasteiger partial charge in [-0.25, -0.2) is 9.98 Å². The lowest BCUT2D eigenvalue weighted by atomic mass is 9.88. The molecule has 0 bridgehead atoms. The van der Waals surface area contributed by atoms with E-state index in [0.717, 1.165) is 44.9 Å². The third kappa shape index (κ3) is 1.56. The zero-order valence-electron chi connectivity index (χ0n) is 11.1. The van der Waals surface area contributed by atoms with Gasteiger partial charge in [0.1, 0.15) is 0 Å². The maximum atomic E-state index is 11.0. The highest BCUT2D eigenvalue weighted by atomic mass is 16.4. The maximum absolute atomic E-state index is 11.0. The number of aliphatic carboxylic acids is 1. The van der Waals surface area contributed by atoms with Gasteiger partial charge in [-0.3, -0.25) is 4.79 Å². The van der Waals surface area contributed by atoms with Gasteiger partial charge in [-0.15, -0.1) is 0 Å². The van der Waals surface area contributed by atoms with Crippen LogP contribution in [0.3, 0.4) is 0 Å². The molecule has 4 nitrogen and oxygen atoms in total. The summed E-state index contributed by atoms with van der Waals surface area (Å²) in [6, 6.07) is 0. The fourth-order valence-corrected chi connectivity index (χ4v) is 2.80. The Kier molecular flexibility index (Phi) is 2.42. The lowest BCUT2D eigenvalue weighted by Crippen LogP contribution is -2.07. The van der Waals surface area contributed by atoms with E-state index in [9.17, 15) is 4.79 Å². The number of hydrogen-bond acceptors (Lipinski definition) is 3. The van der Waals surface area contributed by atoms with E-state index in [4.69, 9.17) is 5.11 Å². The molecule has 3 rings (SSSR count). The van der Waals surface area contributed by atoms with Gasteiger partial charge >= 0.3 is 5.97 Å². The summed E-state index contributed by atoms with van der Waals surface area (Å²) in [6.45, 7) is 5.93. The third-order valence-electron chi connectivity index (χ3n) is 3.93. The highest BCUT2D eigenvalue weighted by molar-refractivity contribution is 6.35. The zero-order chi connectivity index (χ0) is 13.7. The van der Waals surface area contributed by atoms with Crippen molar-refractivity contribution in [3.63, 3.8) is 0 Å². The molecule has 0 aromatic heterocycles. The predicted octanol–water partition coefficient (Wildman–Crippen LogP) is 2.75. The first kappa shape index (κ1) is 11.8. The highest BCUT2D eigenvalue weighted by Gasteiger charge is 2.28. The molecule has 0 saturated carbocycles. The number of fused-ring (bicyclic) bond motifs is 3. The summed E-state index contributed by atoms with van der Waals surface area (Å²) in [5, 5.41) is 9.07. The smallest absolute Gasteiger partial charge is 0.307 e. The molecule has 0 atom stereocenters. The van der Waals surface area contributed by atoms with Gasteiger partial charge in [-0.05, 0) is 49.1 Å². The average molecular weight is 254 g/mol.